The highest BCUT2D eigenvalue weighted by atomic mass is 16.4. The number of carboxylic acid groups (broad SMARTS) is 1. The van der Waals surface area contributed by atoms with E-state index in [0.29, 0.717) is 12.8 Å². The molecule has 0 saturated carbocycles. The van der Waals surface area contributed by atoms with E-state index in [1.807, 2.05) is 0 Å². The molecule has 2 aromatic rings. The molecule has 1 aliphatic heterocycles. The van der Waals surface area contributed by atoms with Crippen molar-refractivity contribution >= 4 is 5.97 Å². The van der Waals surface area contributed by atoms with Crippen molar-refractivity contribution in [3.05, 3.63) is 41.3 Å². The van der Waals surface area contributed by atoms with Crippen LogP contribution >= 0.6 is 0 Å². The highest BCUT2D eigenvalue weighted by Gasteiger charge is 2.27. The second-order valence-electron chi connectivity index (χ2n) is 5.51. The van der Waals surface area contributed by atoms with E-state index in [2.05, 4.69) is 47.7 Å². The molecular weight excluding hydrogens is 252 g/mol. The van der Waals surface area contributed by atoms with Gasteiger partial charge in [-0.3, -0.25) is 4.79 Å². The Morgan fingerprint density at radius 3 is 2.65 bits per heavy atom. The minimum Gasteiger partial charge on any atom is -0.481 e. The van der Waals surface area contributed by atoms with Crippen molar-refractivity contribution in [3.8, 4) is 11.3 Å². The normalized spacial score (nSPS) is 17.8. The Morgan fingerprint density at radius 2 is 2.00 bits per heavy atom. The van der Waals surface area contributed by atoms with Crippen LogP contribution in [0.3, 0.4) is 0 Å². The van der Waals surface area contributed by atoms with Gasteiger partial charge in [0.2, 0.25) is 0 Å². The highest BCUT2D eigenvalue weighted by molar-refractivity contribution is 5.70. The van der Waals surface area contributed by atoms with Gasteiger partial charge in [0.15, 0.2) is 0 Å². The lowest BCUT2D eigenvalue weighted by atomic mass is 9.98. The first kappa shape index (κ1) is 12.9. The number of hydrogen-bond donors (Lipinski definition) is 1. The zero-order chi connectivity index (χ0) is 14.3. The van der Waals surface area contributed by atoms with E-state index >= 15 is 0 Å². The fourth-order valence-corrected chi connectivity index (χ4v) is 2.85. The van der Waals surface area contributed by atoms with Crippen molar-refractivity contribution in [3.63, 3.8) is 0 Å². The summed E-state index contributed by atoms with van der Waals surface area (Å²) in [7, 11) is 0. The fourth-order valence-electron chi connectivity index (χ4n) is 2.85. The number of nitrogens with zero attached hydrogens (tertiary/aromatic N) is 2. The molecule has 1 aromatic heterocycles. The third kappa shape index (κ3) is 2.11. The standard InChI is InChI=1S/C16H18N2O2/c1-10-3-5-12(6-4-10)15-11(2)18-8-7-13(16(19)20)9-14(18)17-15/h3-6,13H,7-9H2,1-2H3,(H,19,20). The van der Waals surface area contributed by atoms with Gasteiger partial charge in [-0.2, -0.15) is 0 Å². The van der Waals surface area contributed by atoms with Crippen LogP contribution in [0.5, 0.6) is 0 Å². The second-order valence-corrected chi connectivity index (χ2v) is 5.51. The maximum Gasteiger partial charge on any atom is 0.307 e. The summed E-state index contributed by atoms with van der Waals surface area (Å²) >= 11 is 0. The van der Waals surface area contributed by atoms with Crippen LogP contribution in [0.4, 0.5) is 0 Å². The highest BCUT2D eigenvalue weighted by Crippen LogP contribution is 2.29. The van der Waals surface area contributed by atoms with Crippen LogP contribution < -0.4 is 0 Å². The van der Waals surface area contributed by atoms with Crippen LogP contribution in [0.15, 0.2) is 24.3 Å². The predicted molar refractivity (Wildman–Crippen MR) is 76.6 cm³/mol. The van der Waals surface area contributed by atoms with Crippen molar-refractivity contribution in [2.75, 3.05) is 0 Å². The van der Waals surface area contributed by atoms with Gasteiger partial charge in [0.25, 0.3) is 0 Å². The molecule has 0 saturated heterocycles. The summed E-state index contributed by atoms with van der Waals surface area (Å²) in [4.78, 5) is 15.8. The summed E-state index contributed by atoms with van der Waals surface area (Å²) in [5.41, 5.74) is 4.43. The number of fused-ring (bicyclic) bond motifs is 1. The zero-order valence-electron chi connectivity index (χ0n) is 11.8. The first-order valence-electron chi connectivity index (χ1n) is 6.92. The molecule has 1 N–H and O–H groups in total. The third-order valence-electron chi connectivity index (χ3n) is 4.10. The Balaban J connectivity index is 1.99. The Hall–Kier alpha value is -2.10. The quantitative estimate of drug-likeness (QED) is 0.913. The maximum absolute atomic E-state index is 11.1. The molecule has 3 rings (SSSR count). The monoisotopic (exact) mass is 270 g/mol. The van der Waals surface area contributed by atoms with Gasteiger partial charge < -0.3 is 9.67 Å². The summed E-state index contributed by atoms with van der Waals surface area (Å²) in [6.45, 7) is 4.87. The molecule has 4 nitrogen and oxygen atoms in total. The van der Waals surface area contributed by atoms with E-state index in [1.165, 1.54) is 5.56 Å². The number of hydrogen-bond acceptors (Lipinski definition) is 2. The molecule has 1 aromatic carbocycles. The van der Waals surface area contributed by atoms with Crippen molar-refractivity contribution in [1.82, 2.24) is 9.55 Å². The molecule has 2 heterocycles. The molecule has 0 bridgehead atoms. The fraction of sp³-hybridized carbons (Fsp3) is 0.375. The van der Waals surface area contributed by atoms with Crippen molar-refractivity contribution < 1.29 is 9.90 Å². The Kier molecular flexibility index (Phi) is 3.08. The Labute approximate surface area is 118 Å². The number of carboxylic acids is 1. The average molecular weight is 270 g/mol. The lowest BCUT2D eigenvalue weighted by Gasteiger charge is -2.20. The topological polar surface area (TPSA) is 55.1 Å². The van der Waals surface area contributed by atoms with Crippen LogP contribution in [0.1, 0.15) is 23.5 Å². The molecule has 0 radical (unpaired) electrons. The number of aliphatic carboxylic acids is 1. The molecule has 0 amide bonds. The number of carbonyl (C=O) groups is 1. The lowest BCUT2D eigenvalue weighted by molar-refractivity contribution is -0.142. The molecule has 1 aliphatic rings. The van der Waals surface area contributed by atoms with Crippen molar-refractivity contribution in [2.45, 2.75) is 33.2 Å². The largest absolute Gasteiger partial charge is 0.481 e. The van der Waals surface area contributed by atoms with E-state index in [-0.39, 0.29) is 5.92 Å². The number of aromatic nitrogens is 2. The van der Waals surface area contributed by atoms with E-state index < -0.39 is 5.97 Å². The molecule has 0 fully saturated rings. The van der Waals surface area contributed by atoms with Gasteiger partial charge in [-0.25, -0.2) is 4.98 Å². The number of aryl methyl sites for hydroxylation is 1. The van der Waals surface area contributed by atoms with Crippen LogP contribution in [0.25, 0.3) is 11.3 Å². The van der Waals surface area contributed by atoms with E-state index in [9.17, 15) is 4.79 Å². The van der Waals surface area contributed by atoms with Gasteiger partial charge >= 0.3 is 5.97 Å². The Morgan fingerprint density at radius 1 is 1.30 bits per heavy atom. The molecule has 0 aliphatic carbocycles. The van der Waals surface area contributed by atoms with Crippen molar-refractivity contribution in [1.29, 1.82) is 0 Å². The van der Waals surface area contributed by atoms with E-state index in [4.69, 9.17) is 5.11 Å². The summed E-state index contributed by atoms with van der Waals surface area (Å²) in [5, 5.41) is 9.15. The van der Waals surface area contributed by atoms with Gasteiger partial charge in [0.05, 0.1) is 11.6 Å². The van der Waals surface area contributed by atoms with Crippen LogP contribution in [0.2, 0.25) is 0 Å². The molecule has 4 heteroatoms. The van der Waals surface area contributed by atoms with Crippen LogP contribution in [-0.4, -0.2) is 20.6 Å². The van der Waals surface area contributed by atoms with Crippen LogP contribution in [-0.2, 0) is 17.8 Å². The zero-order valence-corrected chi connectivity index (χ0v) is 11.8. The maximum atomic E-state index is 11.1. The molecule has 1 atom stereocenters. The van der Waals surface area contributed by atoms with Gasteiger partial charge in [0, 0.05) is 24.2 Å². The van der Waals surface area contributed by atoms with E-state index in [1.54, 1.807) is 0 Å². The van der Waals surface area contributed by atoms with Gasteiger partial charge in [0.1, 0.15) is 5.82 Å². The first-order chi connectivity index (χ1) is 9.56. The summed E-state index contributed by atoms with van der Waals surface area (Å²) < 4.78 is 2.16. The predicted octanol–water partition coefficient (Wildman–Crippen LogP) is 2.81. The second kappa shape index (κ2) is 4.78. The lowest BCUT2D eigenvalue weighted by Crippen LogP contribution is -2.26. The summed E-state index contributed by atoms with van der Waals surface area (Å²) in [6.07, 6.45) is 1.22. The van der Waals surface area contributed by atoms with E-state index in [0.717, 1.165) is 29.3 Å². The average Bonchev–Trinajstić information content (AvgIpc) is 2.76. The summed E-state index contributed by atoms with van der Waals surface area (Å²) in [6, 6.07) is 8.30. The smallest absolute Gasteiger partial charge is 0.307 e. The van der Waals surface area contributed by atoms with Gasteiger partial charge in [-0.05, 0) is 20.3 Å². The molecule has 20 heavy (non-hydrogen) atoms. The van der Waals surface area contributed by atoms with Crippen molar-refractivity contribution in [2.24, 2.45) is 5.92 Å². The molecule has 1 unspecified atom stereocenters. The van der Waals surface area contributed by atoms with Gasteiger partial charge in [-0.1, -0.05) is 29.8 Å². The minimum atomic E-state index is -0.714. The minimum absolute atomic E-state index is 0.296. The SMILES string of the molecule is Cc1ccc(-c2nc3n(c2C)CCC(C(=O)O)C3)cc1. The molecule has 0 spiro atoms. The van der Waals surface area contributed by atoms with Crippen LogP contribution in [0, 0.1) is 19.8 Å². The number of imidazole rings is 1. The molecule has 104 valence electrons. The number of rotatable bonds is 2. The Bertz CT molecular complexity index is 656. The van der Waals surface area contributed by atoms with Gasteiger partial charge in [-0.15, -0.1) is 0 Å². The third-order valence-corrected chi connectivity index (χ3v) is 4.10. The summed E-state index contributed by atoms with van der Waals surface area (Å²) in [5.74, 6) is -0.110. The number of benzene rings is 1. The first-order valence-corrected chi connectivity index (χ1v) is 6.92. The molecular formula is C16H18N2O2.